The highest BCUT2D eigenvalue weighted by molar-refractivity contribution is 7.86. The number of carbonyl (C=O) groups is 1. The molecule has 0 bridgehead atoms. The normalized spacial score (nSPS) is 12.9. The van der Waals surface area contributed by atoms with Crippen molar-refractivity contribution < 1.29 is 26.9 Å². The third-order valence-corrected chi connectivity index (χ3v) is 7.52. The van der Waals surface area contributed by atoms with E-state index in [0.717, 1.165) is 16.5 Å². The lowest BCUT2D eigenvalue weighted by Gasteiger charge is -2.32. The summed E-state index contributed by atoms with van der Waals surface area (Å²) in [5.41, 5.74) is 3.12. The van der Waals surface area contributed by atoms with Crippen LogP contribution in [0, 0.1) is 12.7 Å². The van der Waals surface area contributed by atoms with Gasteiger partial charge in [-0.05, 0) is 94.1 Å². The molecule has 3 aromatic carbocycles. The second-order valence-electron chi connectivity index (χ2n) is 10.5. The summed E-state index contributed by atoms with van der Waals surface area (Å²) >= 11 is 0. The van der Waals surface area contributed by atoms with Gasteiger partial charge in [0, 0.05) is 17.3 Å². The molecule has 0 fully saturated rings. The quantitative estimate of drug-likeness (QED) is 0.252. The van der Waals surface area contributed by atoms with Gasteiger partial charge in [0.25, 0.3) is 10.1 Å². The summed E-state index contributed by atoms with van der Waals surface area (Å²) < 4.78 is 55.9. The summed E-state index contributed by atoms with van der Waals surface area (Å²) in [5, 5.41) is 0.808. The van der Waals surface area contributed by atoms with E-state index in [1.807, 2.05) is 32.9 Å². The molecule has 0 aliphatic heterocycles. The Morgan fingerprint density at radius 3 is 2.33 bits per heavy atom. The van der Waals surface area contributed by atoms with E-state index in [4.69, 9.17) is 4.74 Å². The average molecular weight is 553 g/mol. The number of rotatable bonds is 6. The van der Waals surface area contributed by atoms with Gasteiger partial charge in [0.05, 0.1) is 17.2 Å². The highest BCUT2D eigenvalue weighted by atomic mass is 32.2. The molecule has 1 atom stereocenters. The van der Waals surface area contributed by atoms with Gasteiger partial charge in [0.2, 0.25) is 0 Å². The van der Waals surface area contributed by atoms with E-state index < -0.39 is 27.9 Å². The lowest BCUT2D eigenvalue weighted by atomic mass is 10.0. The van der Waals surface area contributed by atoms with Crippen LogP contribution in [0.15, 0.2) is 71.8 Å². The van der Waals surface area contributed by atoms with Crippen molar-refractivity contribution in [3.63, 3.8) is 0 Å². The van der Waals surface area contributed by atoms with Crippen molar-refractivity contribution in [3.8, 4) is 5.69 Å². The van der Waals surface area contributed by atoms with Crippen LogP contribution >= 0.6 is 0 Å². The number of halogens is 1. The number of amides is 1. The Morgan fingerprint density at radius 2 is 1.74 bits per heavy atom. The molecule has 0 spiro atoms. The second kappa shape index (κ2) is 10.5. The Labute approximate surface area is 228 Å². The molecule has 7 nitrogen and oxygen atoms in total. The second-order valence-corrected chi connectivity index (χ2v) is 11.9. The fourth-order valence-corrected chi connectivity index (χ4v) is 5.49. The Balaban J connectivity index is 1.94. The highest BCUT2D eigenvalue weighted by Crippen LogP contribution is 2.35. The molecule has 1 aromatic heterocycles. The van der Waals surface area contributed by atoms with Crippen molar-refractivity contribution >= 4 is 32.8 Å². The van der Waals surface area contributed by atoms with Gasteiger partial charge in [-0.3, -0.25) is 9.45 Å². The Kier molecular flexibility index (Phi) is 7.60. The van der Waals surface area contributed by atoms with Crippen molar-refractivity contribution in [3.05, 3.63) is 89.4 Å². The van der Waals surface area contributed by atoms with E-state index in [1.165, 1.54) is 23.1 Å². The van der Waals surface area contributed by atoms with Gasteiger partial charge in [-0.2, -0.15) is 8.42 Å². The molecule has 0 aliphatic carbocycles. The summed E-state index contributed by atoms with van der Waals surface area (Å²) in [5.74, 6) is -0.381. The number of aromatic nitrogens is 1. The number of hydrogen-bond donors (Lipinski definition) is 1. The minimum absolute atomic E-state index is 0.198. The first-order valence-corrected chi connectivity index (χ1v) is 14.1. The molecule has 206 valence electrons. The lowest BCUT2D eigenvalue weighted by molar-refractivity contribution is 0.0567. The molecular weight excluding hydrogens is 519 g/mol. The van der Waals surface area contributed by atoms with E-state index in [1.54, 1.807) is 61.9 Å². The van der Waals surface area contributed by atoms with E-state index >= 15 is 0 Å². The van der Waals surface area contributed by atoms with Crippen molar-refractivity contribution in [1.29, 1.82) is 0 Å². The fourth-order valence-electron chi connectivity index (χ4n) is 4.78. The van der Waals surface area contributed by atoms with Gasteiger partial charge in [-0.1, -0.05) is 31.2 Å². The predicted molar refractivity (Wildman–Crippen MR) is 151 cm³/mol. The highest BCUT2D eigenvalue weighted by Gasteiger charge is 2.29. The monoisotopic (exact) mass is 552 g/mol. The molecule has 4 aromatic rings. The topological polar surface area (TPSA) is 88.8 Å². The molecule has 0 aliphatic rings. The van der Waals surface area contributed by atoms with Gasteiger partial charge in [-0.15, -0.1) is 0 Å². The maximum absolute atomic E-state index is 13.6. The summed E-state index contributed by atoms with van der Waals surface area (Å²) in [6.45, 7) is 11.0. The van der Waals surface area contributed by atoms with Crippen molar-refractivity contribution in [2.75, 3.05) is 4.90 Å². The number of nitrogens with zero attached hydrogens (tertiary/aromatic N) is 2. The molecule has 9 heteroatoms. The number of benzene rings is 3. The van der Waals surface area contributed by atoms with Crippen LogP contribution in [0.4, 0.5) is 14.9 Å². The SMILES string of the molecule is CCc1c(C)ccc(S(=O)(=O)O)c1-n1ccc2ccc(N(C(=O)OC(C)(C)C)C(C)c3ccc(F)cc3)cc21. The maximum Gasteiger partial charge on any atom is 0.415 e. The minimum Gasteiger partial charge on any atom is -0.443 e. The fraction of sp³-hybridized carbons (Fsp3) is 0.300. The molecule has 1 unspecified atom stereocenters. The summed E-state index contributed by atoms with van der Waals surface area (Å²) in [6, 6.07) is 15.7. The van der Waals surface area contributed by atoms with Gasteiger partial charge in [0.15, 0.2) is 0 Å². The summed E-state index contributed by atoms with van der Waals surface area (Å²) in [4.78, 5) is 14.8. The summed E-state index contributed by atoms with van der Waals surface area (Å²) in [6.07, 6.45) is 1.70. The van der Waals surface area contributed by atoms with Crippen molar-refractivity contribution in [1.82, 2.24) is 4.57 Å². The maximum atomic E-state index is 13.6. The smallest absolute Gasteiger partial charge is 0.415 e. The van der Waals surface area contributed by atoms with Gasteiger partial charge in [0.1, 0.15) is 16.3 Å². The van der Waals surface area contributed by atoms with E-state index in [9.17, 15) is 22.2 Å². The molecular formula is C30H33FN2O5S. The molecule has 1 amide bonds. The standard InChI is InChI=1S/C30H33FN2O5S/c1-7-25-19(2)8-15-27(39(35,36)37)28(25)32-17-16-22-11-14-24(18-26(22)32)33(29(34)38-30(4,5)6)20(3)21-9-12-23(31)13-10-21/h8-18,20H,7H2,1-6H3,(H,35,36,37). The first-order valence-electron chi connectivity index (χ1n) is 12.7. The molecule has 4 rings (SSSR count). The van der Waals surface area contributed by atoms with Crippen LogP contribution in [0.2, 0.25) is 0 Å². The first kappa shape index (κ1) is 28.3. The van der Waals surface area contributed by atoms with Crippen LogP contribution in [0.3, 0.4) is 0 Å². The van der Waals surface area contributed by atoms with Crippen molar-refractivity contribution in [2.24, 2.45) is 0 Å². The van der Waals surface area contributed by atoms with Gasteiger partial charge < -0.3 is 9.30 Å². The predicted octanol–water partition coefficient (Wildman–Crippen LogP) is 7.39. The molecule has 0 saturated heterocycles. The number of ether oxygens (including phenoxy) is 1. The minimum atomic E-state index is -4.53. The molecule has 1 heterocycles. The van der Waals surface area contributed by atoms with Gasteiger partial charge in [-0.25, -0.2) is 9.18 Å². The van der Waals surface area contributed by atoms with E-state index in [0.29, 0.717) is 28.9 Å². The Hall–Kier alpha value is -3.69. The number of anilines is 1. The summed E-state index contributed by atoms with van der Waals surface area (Å²) in [7, 11) is -4.53. The van der Waals surface area contributed by atoms with Crippen LogP contribution in [0.25, 0.3) is 16.6 Å². The van der Waals surface area contributed by atoms with Crippen molar-refractivity contribution in [2.45, 2.75) is 64.5 Å². The number of aryl methyl sites for hydroxylation is 1. The van der Waals surface area contributed by atoms with Gasteiger partial charge >= 0.3 is 6.09 Å². The van der Waals surface area contributed by atoms with Crippen LogP contribution in [-0.4, -0.2) is 29.2 Å². The molecule has 1 N–H and O–H groups in total. The first-order chi connectivity index (χ1) is 18.2. The van der Waals surface area contributed by atoms with Crippen LogP contribution < -0.4 is 4.90 Å². The zero-order chi connectivity index (χ0) is 28.7. The number of carbonyl (C=O) groups excluding carboxylic acids is 1. The Bertz CT molecular complexity index is 1640. The lowest BCUT2D eigenvalue weighted by Crippen LogP contribution is -2.38. The van der Waals surface area contributed by atoms with Crippen LogP contribution in [0.1, 0.15) is 57.4 Å². The molecule has 39 heavy (non-hydrogen) atoms. The third kappa shape index (κ3) is 5.84. The third-order valence-electron chi connectivity index (χ3n) is 6.64. The average Bonchev–Trinajstić information content (AvgIpc) is 3.25. The van der Waals surface area contributed by atoms with Crippen LogP contribution in [-0.2, 0) is 21.3 Å². The largest absolute Gasteiger partial charge is 0.443 e. The van der Waals surface area contributed by atoms with E-state index in [2.05, 4.69) is 0 Å². The number of hydrogen-bond acceptors (Lipinski definition) is 4. The zero-order valence-electron chi connectivity index (χ0n) is 22.9. The number of fused-ring (bicyclic) bond motifs is 1. The van der Waals surface area contributed by atoms with Crippen LogP contribution in [0.5, 0.6) is 0 Å². The van der Waals surface area contributed by atoms with E-state index in [-0.39, 0.29) is 10.7 Å². The molecule has 0 saturated carbocycles. The zero-order valence-corrected chi connectivity index (χ0v) is 23.7. The Morgan fingerprint density at radius 1 is 1.08 bits per heavy atom. The molecule has 0 radical (unpaired) electrons.